The van der Waals surface area contributed by atoms with Gasteiger partial charge in [0.2, 0.25) is 5.91 Å². The maximum absolute atomic E-state index is 12.5. The van der Waals surface area contributed by atoms with E-state index >= 15 is 0 Å². The number of amides is 1. The molecule has 4 rings (SSSR count). The minimum absolute atomic E-state index is 0.0119. The van der Waals surface area contributed by atoms with Gasteiger partial charge in [-0.05, 0) is 38.5 Å². The summed E-state index contributed by atoms with van der Waals surface area (Å²) in [6.45, 7) is 2.14. The van der Waals surface area contributed by atoms with E-state index in [2.05, 4.69) is 27.1 Å². The van der Waals surface area contributed by atoms with Crippen LogP contribution in [0.4, 0.5) is 5.82 Å². The highest BCUT2D eigenvalue weighted by Gasteiger charge is 2.29. The van der Waals surface area contributed by atoms with Gasteiger partial charge in [-0.25, -0.2) is 9.97 Å². The quantitative estimate of drug-likeness (QED) is 0.546. The van der Waals surface area contributed by atoms with Crippen molar-refractivity contribution in [2.45, 2.75) is 44.9 Å². The topological polar surface area (TPSA) is 84.4 Å². The Morgan fingerprint density at radius 3 is 2.65 bits per heavy atom. The van der Waals surface area contributed by atoms with E-state index < -0.39 is 0 Å². The highest BCUT2D eigenvalue weighted by Crippen LogP contribution is 2.33. The van der Waals surface area contributed by atoms with Crippen molar-refractivity contribution in [2.75, 3.05) is 31.6 Å². The Balaban J connectivity index is 1.38. The van der Waals surface area contributed by atoms with Crippen LogP contribution in [-0.2, 0) is 27.2 Å². The molecule has 2 aliphatic rings. The second kappa shape index (κ2) is 9.90. The minimum Gasteiger partial charge on any atom is -0.469 e. The summed E-state index contributed by atoms with van der Waals surface area (Å²) >= 11 is 0. The van der Waals surface area contributed by atoms with Gasteiger partial charge >= 0.3 is 5.97 Å². The van der Waals surface area contributed by atoms with E-state index in [1.54, 1.807) is 0 Å². The second-order valence-electron chi connectivity index (χ2n) is 8.25. The summed E-state index contributed by atoms with van der Waals surface area (Å²) in [6.07, 6.45) is 5.71. The first-order valence-electron chi connectivity index (χ1n) is 11.2. The van der Waals surface area contributed by atoms with Crippen LogP contribution in [0.2, 0.25) is 0 Å². The Bertz CT molecular complexity index is 924. The molecule has 31 heavy (non-hydrogen) atoms. The maximum atomic E-state index is 12.5. The van der Waals surface area contributed by atoms with Gasteiger partial charge in [0.25, 0.3) is 0 Å². The number of ether oxygens (including phenoxy) is 1. The first-order chi connectivity index (χ1) is 15.2. The molecule has 7 nitrogen and oxygen atoms in total. The fraction of sp³-hybridized carbons (Fsp3) is 0.500. The molecule has 1 aromatic carbocycles. The van der Waals surface area contributed by atoms with Crippen molar-refractivity contribution in [1.82, 2.24) is 15.3 Å². The number of aryl methyl sites for hydroxylation is 1. The van der Waals surface area contributed by atoms with Crippen LogP contribution >= 0.6 is 0 Å². The molecule has 0 unspecified atom stereocenters. The Labute approximate surface area is 183 Å². The molecule has 0 radical (unpaired) electrons. The van der Waals surface area contributed by atoms with Gasteiger partial charge in [-0.2, -0.15) is 0 Å². The lowest BCUT2D eigenvalue weighted by molar-refractivity contribution is -0.140. The lowest BCUT2D eigenvalue weighted by atomic mass is 9.95. The Morgan fingerprint density at radius 1 is 1.13 bits per heavy atom. The van der Waals surface area contributed by atoms with Crippen molar-refractivity contribution in [3.8, 4) is 11.4 Å². The van der Waals surface area contributed by atoms with Crippen LogP contribution in [0.3, 0.4) is 0 Å². The molecule has 0 atom stereocenters. The lowest BCUT2D eigenvalue weighted by Crippen LogP contribution is -2.41. The van der Waals surface area contributed by atoms with Gasteiger partial charge in [0, 0.05) is 48.8 Å². The molecular weight excluding hydrogens is 392 g/mol. The van der Waals surface area contributed by atoms with E-state index in [0.717, 1.165) is 62.4 Å². The number of hydrogen-bond acceptors (Lipinski definition) is 6. The van der Waals surface area contributed by atoms with Crippen LogP contribution in [0.15, 0.2) is 30.3 Å². The summed E-state index contributed by atoms with van der Waals surface area (Å²) < 4.78 is 4.63. The molecule has 1 saturated heterocycles. The zero-order valence-electron chi connectivity index (χ0n) is 18.1. The zero-order valence-corrected chi connectivity index (χ0v) is 18.1. The number of nitrogens with one attached hydrogen (secondary N) is 1. The fourth-order valence-electron chi connectivity index (χ4n) is 4.43. The Morgan fingerprint density at radius 2 is 1.90 bits per heavy atom. The van der Waals surface area contributed by atoms with Gasteiger partial charge in [0.05, 0.1) is 7.11 Å². The summed E-state index contributed by atoms with van der Waals surface area (Å²) in [7, 11) is 1.38. The van der Waals surface area contributed by atoms with Crippen molar-refractivity contribution in [1.29, 1.82) is 0 Å². The molecule has 0 saturated carbocycles. The van der Waals surface area contributed by atoms with Crippen molar-refractivity contribution in [3.63, 3.8) is 0 Å². The number of nitrogens with zero attached hydrogens (tertiary/aromatic N) is 3. The van der Waals surface area contributed by atoms with E-state index in [-0.39, 0.29) is 17.8 Å². The Kier molecular flexibility index (Phi) is 6.79. The maximum Gasteiger partial charge on any atom is 0.305 e. The molecule has 1 aliphatic carbocycles. The molecule has 164 valence electrons. The number of carbonyl (C=O) groups is 2. The molecule has 1 aliphatic heterocycles. The second-order valence-corrected chi connectivity index (χ2v) is 8.25. The third-order valence-electron chi connectivity index (χ3n) is 6.19. The van der Waals surface area contributed by atoms with E-state index in [0.29, 0.717) is 19.4 Å². The standard InChI is InChI=1S/C24H30N4O3/c1-31-21(29)11-6-14-25-24(30)18-12-15-28(16-13-18)23-19-9-5-10-20(19)26-22(27-23)17-7-3-2-4-8-17/h2-4,7-8,18H,5-6,9-16H2,1H3,(H,25,30). The fourth-order valence-corrected chi connectivity index (χ4v) is 4.43. The van der Waals surface area contributed by atoms with Gasteiger partial charge in [0.15, 0.2) is 5.82 Å². The molecule has 2 aromatic rings. The van der Waals surface area contributed by atoms with Gasteiger partial charge in [0.1, 0.15) is 5.82 Å². The molecule has 7 heteroatoms. The zero-order chi connectivity index (χ0) is 21.6. The molecule has 1 N–H and O–H groups in total. The predicted molar refractivity (Wildman–Crippen MR) is 119 cm³/mol. The molecule has 1 fully saturated rings. The first-order valence-corrected chi connectivity index (χ1v) is 11.2. The van der Waals surface area contributed by atoms with Gasteiger partial charge in [-0.15, -0.1) is 0 Å². The third-order valence-corrected chi connectivity index (χ3v) is 6.19. The highest BCUT2D eigenvalue weighted by atomic mass is 16.5. The number of piperidine rings is 1. The van der Waals surface area contributed by atoms with E-state index in [9.17, 15) is 9.59 Å². The van der Waals surface area contributed by atoms with Crippen LogP contribution in [0.1, 0.15) is 43.4 Å². The summed E-state index contributed by atoms with van der Waals surface area (Å²) in [5.41, 5.74) is 3.50. The summed E-state index contributed by atoms with van der Waals surface area (Å²) in [6, 6.07) is 10.1. The average molecular weight is 423 g/mol. The Hall–Kier alpha value is -2.96. The van der Waals surface area contributed by atoms with Gasteiger partial charge < -0.3 is 15.0 Å². The van der Waals surface area contributed by atoms with E-state index in [1.165, 1.54) is 18.4 Å². The minimum atomic E-state index is -0.241. The lowest BCUT2D eigenvalue weighted by Gasteiger charge is -2.33. The summed E-state index contributed by atoms with van der Waals surface area (Å²) in [5.74, 6) is 1.70. The number of benzene rings is 1. The molecule has 2 heterocycles. The molecular formula is C24H30N4O3. The number of anilines is 1. The highest BCUT2D eigenvalue weighted by molar-refractivity contribution is 5.79. The van der Waals surface area contributed by atoms with Crippen LogP contribution < -0.4 is 10.2 Å². The smallest absolute Gasteiger partial charge is 0.305 e. The average Bonchev–Trinajstić information content (AvgIpc) is 3.30. The number of aromatic nitrogens is 2. The van der Waals surface area contributed by atoms with Crippen molar-refractivity contribution < 1.29 is 14.3 Å². The summed E-state index contributed by atoms with van der Waals surface area (Å²) in [4.78, 5) is 35.8. The van der Waals surface area contributed by atoms with Crippen molar-refractivity contribution in [3.05, 3.63) is 41.6 Å². The number of carbonyl (C=O) groups excluding carboxylic acids is 2. The monoisotopic (exact) mass is 422 g/mol. The van der Waals surface area contributed by atoms with Gasteiger partial charge in [-0.1, -0.05) is 30.3 Å². The molecule has 1 amide bonds. The van der Waals surface area contributed by atoms with Crippen molar-refractivity contribution in [2.24, 2.45) is 5.92 Å². The van der Waals surface area contributed by atoms with Crippen LogP contribution in [0.25, 0.3) is 11.4 Å². The largest absolute Gasteiger partial charge is 0.469 e. The van der Waals surface area contributed by atoms with Crippen LogP contribution in [0.5, 0.6) is 0 Å². The number of rotatable bonds is 7. The number of hydrogen-bond donors (Lipinski definition) is 1. The van der Waals surface area contributed by atoms with E-state index in [4.69, 9.17) is 9.97 Å². The molecule has 0 bridgehead atoms. The molecule has 0 spiro atoms. The first kappa shape index (κ1) is 21.3. The number of fused-ring (bicyclic) bond motifs is 1. The van der Waals surface area contributed by atoms with Crippen molar-refractivity contribution >= 4 is 17.7 Å². The van der Waals surface area contributed by atoms with Crippen LogP contribution in [-0.4, -0.2) is 48.6 Å². The van der Waals surface area contributed by atoms with Gasteiger partial charge in [-0.3, -0.25) is 9.59 Å². The molecule has 1 aromatic heterocycles. The normalized spacial score (nSPS) is 16.1. The number of esters is 1. The predicted octanol–water partition coefficient (Wildman–Crippen LogP) is 2.92. The third kappa shape index (κ3) is 5.03. The summed E-state index contributed by atoms with van der Waals surface area (Å²) in [5, 5.41) is 2.97. The van der Waals surface area contributed by atoms with Crippen LogP contribution in [0, 0.1) is 5.92 Å². The van der Waals surface area contributed by atoms with E-state index in [1.807, 2.05) is 18.2 Å². The number of methoxy groups -OCH3 is 1. The SMILES string of the molecule is COC(=O)CCCNC(=O)C1CCN(c2nc(-c3ccccc3)nc3c2CCC3)CC1.